The molecule has 2 unspecified atom stereocenters. The molecule has 1 aromatic heterocycles. The predicted octanol–water partition coefficient (Wildman–Crippen LogP) is 1.77. The van der Waals surface area contributed by atoms with Crippen molar-refractivity contribution in [1.82, 2.24) is 5.32 Å². The zero-order chi connectivity index (χ0) is 15.9. The molecule has 6 heteroatoms. The first-order chi connectivity index (χ1) is 10.6. The van der Waals surface area contributed by atoms with Gasteiger partial charge in [-0.05, 0) is 43.3 Å². The number of hydrogen-bond donors (Lipinski definition) is 2. The molecule has 0 saturated carbocycles. The third kappa shape index (κ3) is 4.11. The molecule has 6 nitrogen and oxygen atoms in total. The van der Waals surface area contributed by atoms with E-state index in [1.165, 1.54) is 6.26 Å². The van der Waals surface area contributed by atoms with Crippen LogP contribution in [0.5, 0.6) is 5.75 Å². The first-order valence-electron chi connectivity index (χ1n) is 6.76. The summed E-state index contributed by atoms with van der Waals surface area (Å²) in [4.78, 5) is 11.9. The highest BCUT2D eigenvalue weighted by atomic mass is 16.5. The maximum Gasteiger partial charge on any atom is 0.260 e. The van der Waals surface area contributed by atoms with Crippen LogP contribution in [-0.2, 0) is 4.79 Å². The van der Waals surface area contributed by atoms with Crippen LogP contribution in [0.2, 0.25) is 0 Å². The van der Waals surface area contributed by atoms with E-state index in [4.69, 9.17) is 14.4 Å². The molecule has 1 amide bonds. The van der Waals surface area contributed by atoms with Crippen LogP contribution in [0.1, 0.15) is 24.4 Å². The molecule has 1 heterocycles. The zero-order valence-corrected chi connectivity index (χ0v) is 12.0. The Morgan fingerprint density at radius 2 is 2.14 bits per heavy atom. The minimum atomic E-state index is -0.902. The van der Waals surface area contributed by atoms with Gasteiger partial charge in [0.25, 0.3) is 5.91 Å². The lowest BCUT2D eigenvalue weighted by Crippen LogP contribution is -2.38. The van der Waals surface area contributed by atoms with Crippen LogP contribution in [0.4, 0.5) is 0 Å². The predicted molar refractivity (Wildman–Crippen MR) is 77.9 cm³/mol. The van der Waals surface area contributed by atoms with Gasteiger partial charge in [-0.25, -0.2) is 0 Å². The van der Waals surface area contributed by atoms with Crippen LogP contribution < -0.4 is 10.1 Å². The highest BCUT2D eigenvalue weighted by Gasteiger charge is 2.17. The number of nitrogens with one attached hydrogen (secondary N) is 1. The molecule has 0 spiro atoms. The Labute approximate surface area is 127 Å². The minimum absolute atomic E-state index is 0.0351. The van der Waals surface area contributed by atoms with Gasteiger partial charge in [-0.1, -0.05) is 0 Å². The number of hydrogen-bond acceptors (Lipinski definition) is 5. The van der Waals surface area contributed by atoms with Gasteiger partial charge >= 0.3 is 0 Å². The van der Waals surface area contributed by atoms with E-state index in [0.29, 0.717) is 17.1 Å². The summed E-state index contributed by atoms with van der Waals surface area (Å²) in [5.74, 6) is 0.532. The molecule has 0 saturated heterocycles. The number of carbonyl (C=O) groups excluding carboxylic acids is 1. The number of ether oxygens (including phenoxy) is 1. The van der Waals surface area contributed by atoms with Crippen LogP contribution in [0.25, 0.3) is 0 Å². The number of furan rings is 1. The van der Waals surface area contributed by atoms with Crippen molar-refractivity contribution >= 4 is 5.91 Å². The highest BCUT2D eigenvalue weighted by molar-refractivity contribution is 5.80. The minimum Gasteiger partial charge on any atom is -0.481 e. The average molecular weight is 300 g/mol. The van der Waals surface area contributed by atoms with Crippen molar-refractivity contribution in [2.45, 2.75) is 19.1 Å². The van der Waals surface area contributed by atoms with E-state index in [2.05, 4.69) is 5.32 Å². The lowest BCUT2D eigenvalue weighted by atomic mass is 10.2. The quantitative estimate of drug-likeness (QED) is 0.847. The molecule has 0 aliphatic rings. The third-order valence-electron chi connectivity index (χ3n) is 3.01. The average Bonchev–Trinajstić information content (AvgIpc) is 3.07. The summed E-state index contributed by atoms with van der Waals surface area (Å²) >= 11 is 0. The molecule has 2 atom stereocenters. The maximum absolute atomic E-state index is 11.9. The largest absolute Gasteiger partial charge is 0.481 e. The summed E-state index contributed by atoms with van der Waals surface area (Å²) in [5, 5.41) is 21.1. The van der Waals surface area contributed by atoms with Crippen molar-refractivity contribution in [2.75, 3.05) is 6.54 Å². The van der Waals surface area contributed by atoms with Crippen molar-refractivity contribution in [2.24, 2.45) is 0 Å². The fraction of sp³-hybridized carbons (Fsp3) is 0.250. The van der Waals surface area contributed by atoms with Crippen molar-refractivity contribution in [1.29, 1.82) is 5.26 Å². The van der Waals surface area contributed by atoms with E-state index in [1.807, 2.05) is 6.07 Å². The van der Waals surface area contributed by atoms with Gasteiger partial charge in [-0.15, -0.1) is 0 Å². The molecule has 114 valence electrons. The second-order valence-corrected chi connectivity index (χ2v) is 4.67. The van der Waals surface area contributed by atoms with Gasteiger partial charge in [0.15, 0.2) is 6.10 Å². The van der Waals surface area contributed by atoms with Crippen LogP contribution in [0, 0.1) is 11.3 Å². The molecule has 0 fully saturated rings. The fourth-order valence-corrected chi connectivity index (χ4v) is 1.79. The standard InChI is InChI=1S/C16H16N2O4/c1-11(22-13-6-4-12(9-17)5-7-13)16(20)18-10-14(19)15-3-2-8-21-15/h2-8,11,14,19H,10H2,1H3,(H,18,20). The SMILES string of the molecule is CC(Oc1ccc(C#N)cc1)C(=O)NCC(O)c1ccco1. The van der Waals surface area contributed by atoms with Crippen molar-refractivity contribution in [3.05, 3.63) is 54.0 Å². The van der Waals surface area contributed by atoms with Crippen LogP contribution >= 0.6 is 0 Å². The number of amides is 1. The van der Waals surface area contributed by atoms with Gasteiger partial charge in [0.1, 0.15) is 17.6 Å². The molecule has 0 radical (unpaired) electrons. The van der Waals surface area contributed by atoms with Gasteiger partial charge in [-0.2, -0.15) is 5.26 Å². The highest BCUT2D eigenvalue weighted by Crippen LogP contribution is 2.14. The van der Waals surface area contributed by atoms with Crippen LogP contribution in [0.15, 0.2) is 47.1 Å². The number of aliphatic hydroxyl groups excluding tert-OH is 1. The Bertz CT molecular complexity index is 644. The lowest BCUT2D eigenvalue weighted by Gasteiger charge is -2.16. The molecule has 0 aliphatic carbocycles. The van der Waals surface area contributed by atoms with E-state index in [0.717, 1.165) is 0 Å². The summed E-state index contributed by atoms with van der Waals surface area (Å²) in [6.07, 6.45) is -0.172. The van der Waals surface area contributed by atoms with E-state index in [9.17, 15) is 9.90 Å². The number of aliphatic hydroxyl groups is 1. The lowest BCUT2D eigenvalue weighted by molar-refractivity contribution is -0.127. The molecular weight excluding hydrogens is 284 g/mol. The van der Waals surface area contributed by atoms with Gasteiger partial charge < -0.3 is 19.6 Å². The summed E-state index contributed by atoms with van der Waals surface area (Å²) < 4.78 is 10.5. The summed E-state index contributed by atoms with van der Waals surface area (Å²) in [6.45, 7) is 1.64. The Morgan fingerprint density at radius 1 is 1.41 bits per heavy atom. The van der Waals surface area contributed by atoms with Crippen molar-refractivity contribution in [3.63, 3.8) is 0 Å². The fourth-order valence-electron chi connectivity index (χ4n) is 1.79. The Balaban J connectivity index is 1.82. The van der Waals surface area contributed by atoms with Crippen LogP contribution in [-0.4, -0.2) is 23.7 Å². The van der Waals surface area contributed by atoms with Gasteiger partial charge in [-0.3, -0.25) is 4.79 Å². The molecule has 0 aliphatic heterocycles. The zero-order valence-electron chi connectivity index (χ0n) is 12.0. The van der Waals surface area contributed by atoms with Crippen LogP contribution in [0.3, 0.4) is 0 Å². The molecule has 0 bridgehead atoms. The number of carbonyl (C=O) groups is 1. The molecule has 1 aromatic carbocycles. The topological polar surface area (TPSA) is 95.5 Å². The second-order valence-electron chi connectivity index (χ2n) is 4.67. The third-order valence-corrected chi connectivity index (χ3v) is 3.01. The summed E-state index contributed by atoms with van der Waals surface area (Å²) in [6, 6.07) is 11.8. The Morgan fingerprint density at radius 3 is 2.73 bits per heavy atom. The first kappa shape index (κ1) is 15.6. The maximum atomic E-state index is 11.9. The molecule has 2 rings (SSSR count). The molecule has 22 heavy (non-hydrogen) atoms. The first-order valence-corrected chi connectivity index (χ1v) is 6.76. The molecular formula is C16H16N2O4. The van der Waals surface area contributed by atoms with Gasteiger partial charge in [0.2, 0.25) is 0 Å². The van der Waals surface area contributed by atoms with E-state index in [1.54, 1.807) is 43.3 Å². The number of rotatable bonds is 6. The Kier molecular flexibility index (Phi) is 5.17. The Hall–Kier alpha value is -2.78. The smallest absolute Gasteiger partial charge is 0.260 e. The second kappa shape index (κ2) is 7.29. The summed E-state index contributed by atoms with van der Waals surface area (Å²) in [5.41, 5.74) is 0.519. The number of nitrogens with zero attached hydrogens (tertiary/aromatic N) is 1. The van der Waals surface area contributed by atoms with Crippen molar-refractivity contribution in [3.8, 4) is 11.8 Å². The van der Waals surface area contributed by atoms with E-state index in [-0.39, 0.29) is 12.5 Å². The molecule has 2 aromatic rings. The van der Waals surface area contributed by atoms with Gasteiger partial charge in [0.05, 0.1) is 24.4 Å². The van der Waals surface area contributed by atoms with Gasteiger partial charge in [0, 0.05) is 0 Å². The number of nitriles is 1. The molecule has 2 N–H and O–H groups in total. The summed E-state index contributed by atoms with van der Waals surface area (Å²) in [7, 11) is 0. The number of benzene rings is 1. The van der Waals surface area contributed by atoms with Crippen molar-refractivity contribution < 1.29 is 19.1 Å². The van der Waals surface area contributed by atoms with E-state index >= 15 is 0 Å². The monoisotopic (exact) mass is 300 g/mol. The van der Waals surface area contributed by atoms with E-state index < -0.39 is 12.2 Å². The normalized spacial score (nSPS) is 13.0.